The van der Waals surface area contributed by atoms with Crippen LogP contribution in [0.2, 0.25) is 5.02 Å². The predicted octanol–water partition coefficient (Wildman–Crippen LogP) is 5.73. The summed E-state index contributed by atoms with van der Waals surface area (Å²) < 4.78 is 13.6. The SMILES string of the molecule is C[C@@H]1[C@H](C)CCC[C@@H]1NC(=O)[C@H](c1ccc(F)cc1)N(Cc1ccccc1Cl)C(=O)CCl. The predicted molar refractivity (Wildman–Crippen MR) is 126 cm³/mol. The topological polar surface area (TPSA) is 49.4 Å². The number of alkyl halides is 1. The number of nitrogens with one attached hydrogen (secondary N) is 1. The van der Waals surface area contributed by atoms with Crippen molar-refractivity contribution >= 4 is 35.0 Å². The van der Waals surface area contributed by atoms with Gasteiger partial charge in [-0.25, -0.2) is 4.39 Å². The van der Waals surface area contributed by atoms with Gasteiger partial charge in [0.2, 0.25) is 11.8 Å². The summed E-state index contributed by atoms with van der Waals surface area (Å²) in [6, 6.07) is 11.9. The monoisotopic (exact) mass is 478 g/mol. The molecule has 172 valence electrons. The molecule has 1 fully saturated rings. The molecular weight excluding hydrogens is 450 g/mol. The number of halogens is 3. The number of amides is 2. The van der Waals surface area contributed by atoms with Crippen molar-refractivity contribution in [3.05, 3.63) is 70.5 Å². The van der Waals surface area contributed by atoms with Crippen LogP contribution in [-0.4, -0.2) is 28.6 Å². The van der Waals surface area contributed by atoms with Gasteiger partial charge in [0, 0.05) is 17.6 Å². The second-order valence-electron chi connectivity index (χ2n) is 8.58. The van der Waals surface area contributed by atoms with Crippen molar-refractivity contribution in [3.8, 4) is 0 Å². The highest BCUT2D eigenvalue weighted by molar-refractivity contribution is 6.31. The molecule has 1 N–H and O–H groups in total. The smallest absolute Gasteiger partial charge is 0.247 e. The highest BCUT2D eigenvalue weighted by Crippen LogP contribution is 2.31. The average Bonchev–Trinajstić information content (AvgIpc) is 2.78. The molecule has 1 saturated carbocycles. The zero-order valence-electron chi connectivity index (χ0n) is 18.4. The van der Waals surface area contributed by atoms with Crippen LogP contribution in [0.15, 0.2) is 48.5 Å². The number of carbonyl (C=O) groups is 2. The molecule has 4 nitrogen and oxygen atoms in total. The Kier molecular flexibility index (Phi) is 8.55. The van der Waals surface area contributed by atoms with Gasteiger partial charge in [-0.2, -0.15) is 0 Å². The third kappa shape index (κ3) is 5.81. The van der Waals surface area contributed by atoms with Gasteiger partial charge in [-0.05, 0) is 47.6 Å². The molecule has 2 amide bonds. The van der Waals surface area contributed by atoms with Gasteiger partial charge in [-0.3, -0.25) is 9.59 Å². The summed E-state index contributed by atoms with van der Waals surface area (Å²) in [5, 5.41) is 3.66. The van der Waals surface area contributed by atoms with Crippen LogP contribution >= 0.6 is 23.2 Å². The van der Waals surface area contributed by atoms with E-state index in [1.165, 1.54) is 29.2 Å². The van der Waals surface area contributed by atoms with Gasteiger partial charge in [-0.1, -0.05) is 68.6 Å². The highest BCUT2D eigenvalue weighted by Gasteiger charge is 2.35. The number of benzene rings is 2. The van der Waals surface area contributed by atoms with Crippen molar-refractivity contribution in [1.29, 1.82) is 0 Å². The first kappa shape index (κ1) is 24.5. The Hall–Kier alpha value is -2.11. The van der Waals surface area contributed by atoms with Crippen molar-refractivity contribution in [2.75, 3.05) is 5.88 Å². The lowest BCUT2D eigenvalue weighted by molar-refractivity contribution is -0.140. The van der Waals surface area contributed by atoms with Gasteiger partial charge in [-0.15, -0.1) is 11.6 Å². The summed E-state index contributed by atoms with van der Waals surface area (Å²) in [7, 11) is 0. The minimum Gasteiger partial charge on any atom is -0.351 e. The van der Waals surface area contributed by atoms with Gasteiger partial charge in [0.05, 0.1) is 0 Å². The van der Waals surface area contributed by atoms with Crippen LogP contribution in [0.25, 0.3) is 0 Å². The van der Waals surface area contributed by atoms with E-state index in [2.05, 4.69) is 19.2 Å². The van der Waals surface area contributed by atoms with Crippen molar-refractivity contribution in [2.24, 2.45) is 11.8 Å². The lowest BCUT2D eigenvalue weighted by Gasteiger charge is -2.37. The van der Waals surface area contributed by atoms with Gasteiger partial charge in [0.25, 0.3) is 0 Å². The third-order valence-corrected chi connectivity index (χ3v) is 7.11. The summed E-state index contributed by atoms with van der Waals surface area (Å²) in [5.41, 5.74) is 1.22. The van der Waals surface area contributed by atoms with Crippen LogP contribution in [0.3, 0.4) is 0 Å². The van der Waals surface area contributed by atoms with Crippen molar-refractivity contribution in [2.45, 2.75) is 51.7 Å². The van der Waals surface area contributed by atoms with E-state index in [1.807, 2.05) is 6.07 Å². The van der Waals surface area contributed by atoms with Gasteiger partial charge in [0.1, 0.15) is 17.7 Å². The molecule has 0 spiro atoms. The fourth-order valence-corrected chi connectivity index (χ4v) is 4.72. The maximum absolute atomic E-state index is 13.6. The van der Waals surface area contributed by atoms with E-state index >= 15 is 0 Å². The molecule has 32 heavy (non-hydrogen) atoms. The Morgan fingerprint density at radius 1 is 1.12 bits per heavy atom. The van der Waals surface area contributed by atoms with E-state index in [0.717, 1.165) is 19.3 Å². The number of nitrogens with zero attached hydrogens (tertiary/aromatic N) is 1. The molecule has 1 aliphatic carbocycles. The average molecular weight is 479 g/mol. The molecule has 0 aliphatic heterocycles. The minimum atomic E-state index is -0.956. The third-order valence-electron chi connectivity index (χ3n) is 6.51. The summed E-state index contributed by atoms with van der Waals surface area (Å²) in [6.07, 6.45) is 3.07. The quantitative estimate of drug-likeness (QED) is 0.516. The van der Waals surface area contributed by atoms with Crippen LogP contribution in [0, 0.1) is 17.7 Å². The lowest BCUT2D eigenvalue weighted by atomic mass is 9.78. The van der Waals surface area contributed by atoms with Crippen molar-refractivity contribution < 1.29 is 14.0 Å². The normalized spacial score (nSPS) is 21.6. The van der Waals surface area contributed by atoms with E-state index in [-0.39, 0.29) is 24.4 Å². The molecule has 0 unspecified atom stereocenters. The number of hydrogen-bond donors (Lipinski definition) is 1. The summed E-state index contributed by atoms with van der Waals surface area (Å²) in [4.78, 5) is 28.0. The molecule has 0 aromatic heterocycles. The minimum absolute atomic E-state index is 0.0162. The fraction of sp³-hybridized carbons (Fsp3) is 0.440. The molecule has 1 aliphatic rings. The maximum atomic E-state index is 13.6. The molecule has 7 heteroatoms. The Balaban J connectivity index is 1.97. The Bertz CT molecular complexity index is 938. The molecule has 0 heterocycles. The Morgan fingerprint density at radius 3 is 2.47 bits per heavy atom. The molecule has 2 aromatic carbocycles. The first-order valence-electron chi connectivity index (χ1n) is 11.0. The molecule has 0 saturated heterocycles. The first-order chi connectivity index (χ1) is 15.3. The van der Waals surface area contributed by atoms with E-state index < -0.39 is 17.8 Å². The number of rotatable bonds is 7. The van der Waals surface area contributed by atoms with Crippen LogP contribution in [0.4, 0.5) is 4.39 Å². The van der Waals surface area contributed by atoms with Gasteiger partial charge >= 0.3 is 0 Å². The largest absolute Gasteiger partial charge is 0.351 e. The fourth-order valence-electron chi connectivity index (χ4n) is 4.38. The maximum Gasteiger partial charge on any atom is 0.247 e. The van der Waals surface area contributed by atoms with E-state index in [0.29, 0.717) is 28.0 Å². The molecule has 0 radical (unpaired) electrons. The van der Waals surface area contributed by atoms with Crippen molar-refractivity contribution in [1.82, 2.24) is 10.2 Å². The zero-order valence-corrected chi connectivity index (χ0v) is 19.9. The molecule has 2 aromatic rings. The second kappa shape index (κ2) is 11.2. The number of carbonyl (C=O) groups excluding carboxylic acids is 2. The first-order valence-corrected chi connectivity index (χ1v) is 11.9. The molecule has 4 atom stereocenters. The van der Waals surface area contributed by atoms with Crippen LogP contribution in [-0.2, 0) is 16.1 Å². The van der Waals surface area contributed by atoms with Crippen molar-refractivity contribution in [3.63, 3.8) is 0 Å². The molecule has 3 rings (SSSR count). The lowest BCUT2D eigenvalue weighted by Crippen LogP contribution is -2.50. The van der Waals surface area contributed by atoms with Gasteiger partial charge < -0.3 is 10.2 Å². The van der Waals surface area contributed by atoms with Crippen LogP contribution in [0.1, 0.15) is 50.3 Å². The van der Waals surface area contributed by atoms with E-state index in [9.17, 15) is 14.0 Å². The summed E-state index contributed by atoms with van der Waals surface area (Å²) >= 11 is 12.3. The van der Waals surface area contributed by atoms with E-state index in [4.69, 9.17) is 23.2 Å². The van der Waals surface area contributed by atoms with Gasteiger partial charge in [0.15, 0.2) is 0 Å². The molecular formula is C25H29Cl2FN2O2. The Morgan fingerprint density at radius 2 is 1.81 bits per heavy atom. The summed E-state index contributed by atoms with van der Waals surface area (Å²) in [6.45, 7) is 4.45. The summed E-state index contributed by atoms with van der Waals surface area (Å²) in [5.74, 6) is -0.575. The molecule has 0 bridgehead atoms. The van der Waals surface area contributed by atoms with Crippen LogP contribution in [0.5, 0.6) is 0 Å². The zero-order chi connectivity index (χ0) is 23.3. The highest BCUT2D eigenvalue weighted by atomic mass is 35.5. The Labute approximate surface area is 199 Å². The second-order valence-corrected chi connectivity index (χ2v) is 9.26. The van der Waals surface area contributed by atoms with Crippen LogP contribution < -0.4 is 5.32 Å². The van der Waals surface area contributed by atoms with E-state index in [1.54, 1.807) is 18.2 Å². The standard InChI is InChI=1S/C25H29Cl2FN2O2/c1-16-6-5-9-22(17(16)2)29-25(32)24(18-10-12-20(28)13-11-18)30(23(31)14-26)15-19-7-3-4-8-21(19)27/h3-4,7-8,10-13,16-17,22,24H,5-6,9,14-15H2,1-2H3,(H,29,32)/t16-,17-,22+,24+/m1/s1. The number of hydrogen-bond acceptors (Lipinski definition) is 2.